The lowest BCUT2D eigenvalue weighted by atomic mass is 10.1. The van der Waals surface area contributed by atoms with Gasteiger partial charge in [-0.1, -0.05) is 5.21 Å². The highest BCUT2D eigenvalue weighted by molar-refractivity contribution is 5.68. The van der Waals surface area contributed by atoms with Crippen molar-refractivity contribution >= 4 is 5.97 Å². The van der Waals surface area contributed by atoms with Crippen LogP contribution >= 0.6 is 0 Å². The molecule has 1 aliphatic heterocycles. The molecule has 0 spiro atoms. The van der Waals surface area contributed by atoms with E-state index in [1.165, 1.54) is 4.68 Å². The van der Waals surface area contributed by atoms with E-state index in [9.17, 15) is 9.90 Å². The molecule has 1 saturated heterocycles. The van der Waals surface area contributed by atoms with Crippen LogP contribution in [-0.4, -0.2) is 56.8 Å². The average Bonchev–Trinajstić information content (AvgIpc) is 2.80. The number of carbonyl (C=O) groups is 1. The number of likely N-dealkylation sites (tertiary alicyclic amines) is 1. The molecular weight excluding hydrogens is 248 g/mol. The van der Waals surface area contributed by atoms with Crippen LogP contribution in [0.2, 0.25) is 0 Å². The predicted molar refractivity (Wildman–Crippen MR) is 67.2 cm³/mol. The molecule has 1 fully saturated rings. The minimum Gasteiger partial charge on any atom is -0.465 e. The summed E-state index contributed by atoms with van der Waals surface area (Å²) in [5.74, 6) is -0.306. The van der Waals surface area contributed by atoms with Gasteiger partial charge in [0.05, 0.1) is 24.6 Å². The van der Waals surface area contributed by atoms with Crippen molar-refractivity contribution < 1.29 is 14.6 Å². The van der Waals surface area contributed by atoms with Crippen LogP contribution in [-0.2, 0) is 22.6 Å². The monoisotopic (exact) mass is 268 g/mol. The fourth-order valence-electron chi connectivity index (χ4n) is 2.13. The molecule has 2 heterocycles. The van der Waals surface area contributed by atoms with E-state index in [0.717, 1.165) is 31.6 Å². The summed E-state index contributed by atoms with van der Waals surface area (Å²) < 4.78 is 6.34. The largest absolute Gasteiger partial charge is 0.465 e. The van der Waals surface area contributed by atoms with E-state index in [2.05, 4.69) is 15.2 Å². The first kappa shape index (κ1) is 14.0. The summed E-state index contributed by atoms with van der Waals surface area (Å²) in [5.41, 5.74) is 0.834. The van der Waals surface area contributed by atoms with Gasteiger partial charge in [-0.2, -0.15) is 0 Å². The van der Waals surface area contributed by atoms with Crippen molar-refractivity contribution in [2.75, 3.05) is 19.7 Å². The summed E-state index contributed by atoms with van der Waals surface area (Å²) in [6.45, 7) is 4.68. The Bertz CT molecular complexity index is 413. The molecule has 7 heteroatoms. The van der Waals surface area contributed by atoms with Gasteiger partial charge in [-0.15, -0.1) is 5.10 Å². The molecule has 1 N–H and O–H groups in total. The molecule has 0 amide bonds. The zero-order valence-corrected chi connectivity index (χ0v) is 11.2. The molecule has 0 bridgehead atoms. The summed E-state index contributed by atoms with van der Waals surface area (Å²) in [5, 5.41) is 17.4. The van der Waals surface area contributed by atoms with Crippen molar-refractivity contribution in [2.45, 2.75) is 39.0 Å². The van der Waals surface area contributed by atoms with Gasteiger partial charge in [0.2, 0.25) is 0 Å². The Balaban J connectivity index is 1.82. The van der Waals surface area contributed by atoms with Crippen LogP contribution in [0.25, 0.3) is 0 Å². The second-order valence-corrected chi connectivity index (χ2v) is 4.72. The first-order valence-corrected chi connectivity index (χ1v) is 6.62. The first-order valence-electron chi connectivity index (χ1n) is 6.62. The number of rotatable bonds is 5. The molecule has 1 aliphatic rings. The van der Waals surface area contributed by atoms with E-state index in [1.807, 2.05) is 0 Å². The van der Waals surface area contributed by atoms with Crippen LogP contribution in [0.4, 0.5) is 0 Å². The maximum absolute atomic E-state index is 11.3. The number of hydrogen-bond acceptors (Lipinski definition) is 6. The number of ether oxygens (including phenoxy) is 1. The number of aromatic nitrogens is 3. The Morgan fingerprint density at radius 1 is 1.53 bits per heavy atom. The number of esters is 1. The minimum atomic E-state index is -0.306. The summed E-state index contributed by atoms with van der Waals surface area (Å²) >= 11 is 0. The van der Waals surface area contributed by atoms with Crippen LogP contribution in [0.1, 0.15) is 25.5 Å². The summed E-state index contributed by atoms with van der Waals surface area (Å²) in [6, 6.07) is 0. The third kappa shape index (κ3) is 4.29. The quantitative estimate of drug-likeness (QED) is 0.745. The summed E-state index contributed by atoms with van der Waals surface area (Å²) in [4.78, 5) is 13.5. The summed E-state index contributed by atoms with van der Waals surface area (Å²) in [6.07, 6.45) is 3.20. The molecule has 19 heavy (non-hydrogen) atoms. The van der Waals surface area contributed by atoms with E-state index in [1.54, 1.807) is 13.1 Å². The van der Waals surface area contributed by atoms with Crippen LogP contribution in [0.5, 0.6) is 0 Å². The number of aliphatic hydroxyl groups is 1. The zero-order chi connectivity index (χ0) is 13.7. The second-order valence-electron chi connectivity index (χ2n) is 4.72. The third-order valence-corrected chi connectivity index (χ3v) is 3.13. The second kappa shape index (κ2) is 6.63. The van der Waals surface area contributed by atoms with Crippen molar-refractivity contribution in [1.82, 2.24) is 19.9 Å². The molecule has 0 aromatic carbocycles. The summed E-state index contributed by atoms with van der Waals surface area (Å²) in [7, 11) is 0. The molecular formula is C12H20N4O3. The van der Waals surface area contributed by atoms with Crippen molar-refractivity contribution in [2.24, 2.45) is 0 Å². The molecule has 0 unspecified atom stereocenters. The standard InChI is InChI=1S/C12H20N4O3/c1-2-19-12(18)9-16-8-10(13-14-16)7-15-5-3-11(17)4-6-15/h8,11,17H,2-7,9H2,1H3. The highest BCUT2D eigenvalue weighted by atomic mass is 16.5. The van der Waals surface area contributed by atoms with Crippen LogP contribution in [0.15, 0.2) is 6.20 Å². The van der Waals surface area contributed by atoms with E-state index in [-0.39, 0.29) is 18.6 Å². The Hall–Kier alpha value is -1.47. The van der Waals surface area contributed by atoms with Crippen molar-refractivity contribution in [3.05, 3.63) is 11.9 Å². The van der Waals surface area contributed by atoms with Crippen LogP contribution < -0.4 is 0 Å². The van der Waals surface area contributed by atoms with Crippen molar-refractivity contribution in [3.63, 3.8) is 0 Å². The van der Waals surface area contributed by atoms with Gasteiger partial charge in [-0.05, 0) is 19.8 Å². The van der Waals surface area contributed by atoms with Gasteiger partial charge in [0.25, 0.3) is 0 Å². The molecule has 0 radical (unpaired) electrons. The number of aliphatic hydroxyl groups excluding tert-OH is 1. The topological polar surface area (TPSA) is 80.5 Å². The molecule has 7 nitrogen and oxygen atoms in total. The normalized spacial score (nSPS) is 17.6. The molecule has 0 atom stereocenters. The number of hydrogen-bond donors (Lipinski definition) is 1. The Morgan fingerprint density at radius 3 is 2.95 bits per heavy atom. The third-order valence-electron chi connectivity index (χ3n) is 3.13. The lowest BCUT2D eigenvalue weighted by molar-refractivity contribution is -0.144. The molecule has 2 rings (SSSR count). The van der Waals surface area contributed by atoms with E-state index in [0.29, 0.717) is 13.2 Å². The smallest absolute Gasteiger partial charge is 0.327 e. The minimum absolute atomic E-state index is 0.0968. The maximum Gasteiger partial charge on any atom is 0.327 e. The van der Waals surface area contributed by atoms with E-state index >= 15 is 0 Å². The molecule has 0 aliphatic carbocycles. The van der Waals surface area contributed by atoms with Gasteiger partial charge in [0.1, 0.15) is 6.54 Å². The maximum atomic E-state index is 11.3. The number of carbonyl (C=O) groups excluding carboxylic acids is 1. The average molecular weight is 268 g/mol. The Morgan fingerprint density at radius 2 is 2.26 bits per heavy atom. The molecule has 1 aromatic heterocycles. The fourth-order valence-corrected chi connectivity index (χ4v) is 2.13. The predicted octanol–water partition coefficient (Wildman–Crippen LogP) is -0.202. The SMILES string of the molecule is CCOC(=O)Cn1cc(CN2CCC(O)CC2)nn1. The van der Waals surface area contributed by atoms with Crippen LogP contribution in [0, 0.1) is 0 Å². The number of nitrogens with zero attached hydrogens (tertiary/aromatic N) is 4. The Kier molecular flexibility index (Phi) is 4.86. The molecule has 106 valence electrons. The molecule has 1 aromatic rings. The fraction of sp³-hybridized carbons (Fsp3) is 0.750. The Labute approximate surface area is 112 Å². The van der Waals surface area contributed by atoms with Gasteiger partial charge in [-0.25, -0.2) is 4.68 Å². The van der Waals surface area contributed by atoms with Gasteiger partial charge in [0.15, 0.2) is 0 Å². The van der Waals surface area contributed by atoms with E-state index in [4.69, 9.17) is 4.74 Å². The van der Waals surface area contributed by atoms with Crippen LogP contribution in [0.3, 0.4) is 0 Å². The first-order chi connectivity index (χ1) is 9.17. The van der Waals surface area contributed by atoms with Crippen molar-refractivity contribution in [1.29, 1.82) is 0 Å². The highest BCUT2D eigenvalue weighted by Crippen LogP contribution is 2.12. The lowest BCUT2D eigenvalue weighted by Crippen LogP contribution is -2.35. The van der Waals surface area contributed by atoms with E-state index < -0.39 is 0 Å². The molecule has 0 saturated carbocycles. The van der Waals surface area contributed by atoms with Gasteiger partial charge in [-0.3, -0.25) is 9.69 Å². The lowest BCUT2D eigenvalue weighted by Gasteiger charge is -2.28. The highest BCUT2D eigenvalue weighted by Gasteiger charge is 2.18. The number of piperidine rings is 1. The zero-order valence-electron chi connectivity index (χ0n) is 11.2. The van der Waals surface area contributed by atoms with Gasteiger partial charge in [0, 0.05) is 19.6 Å². The van der Waals surface area contributed by atoms with Crippen molar-refractivity contribution in [3.8, 4) is 0 Å². The van der Waals surface area contributed by atoms with Gasteiger partial charge >= 0.3 is 5.97 Å². The van der Waals surface area contributed by atoms with Gasteiger partial charge < -0.3 is 9.84 Å².